The standard InChI is InChI=1S/C12H15N3O3S/c13-7-11-12(2-1-5-14-11)19(17,18)15-8-9-3-4-10(16)6-9/h1-2,5,9-10,15-16H,3-4,6,8H2. The summed E-state index contributed by atoms with van der Waals surface area (Å²) >= 11 is 0. The van der Waals surface area contributed by atoms with E-state index in [0.717, 1.165) is 6.42 Å². The molecule has 1 aromatic heterocycles. The number of aliphatic hydroxyl groups is 1. The molecule has 2 atom stereocenters. The predicted molar refractivity (Wildman–Crippen MR) is 67.5 cm³/mol. The Hall–Kier alpha value is -1.49. The first kappa shape index (κ1) is 13.9. The molecule has 102 valence electrons. The van der Waals surface area contributed by atoms with Gasteiger partial charge in [0.05, 0.1) is 6.10 Å². The molecule has 0 bridgehead atoms. The van der Waals surface area contributed by atoms with Crippen molar-refractivity contribution >= 4 is 10.0 Å². The van der Waals surface area contributed by atoms with Crippen molar-refractivity contribution in [3.63, 3.8) is 0 Å². The molecule has 0 aliphatic heterocycles. The molecule has 2 N–H and O–H groups in total. The maximum absolute atomic E-state index is 12.1. The first-order valence-corrected chi connectivity index (χ1v) is 7.54. The van der Waals surface area contributed by atoms with E-state index in [-0.39, 0.29) is 29.2 Å². The van der Waals surface area contributed by atoms with Crippen LogP contribution in [-0.4, -0.2) is 31.2 Å². The Kier molecular flexibility index (Phi) is 4.14. The van der Waals surface area contributed by atoms with Gasteiger partial charge in [0.1, 0.15) is 11.0 Å². The van der Waals surface area contributed by atoms with Gasteiger partial charge < -0.3 is 5.11 Å². The highest BCUT2D eigenvalue weighted by Crippen LogP contribution is 2.25. The van der Waals surface area contributed by atoms with Crippen molar-refractivity contribution in [2.24, 2.45) is 5.92 Å². The van der Waals surface area contributed by atoms with Crippen molar-refractivity contribution in [2.75, 3.05) is 6.54 Å². The molecule has 19 heavy (non-hydrogen) atoms. The molecule has 0 amide bonds. The zero-order chi connectivity index (χ0) is 13.9. The van der Waals surface area contributed by atoms with Gasteiger partial charge in [0.25, 0.3) is 0 Å². The topological polar surface area (TPSA) is 103 Å². The van der Waals surface area contributed by atoms with Crippen molar-refractivity contribution in [1.29, 1.82) is 5.26 Å². The first-order valence-electron chi connectivity index (χ1n) is 6.06. The number of nitrogens with zero attached hydrogens (tertiary/aromatic N) is 2. The van der Waals surface area contributed by atoms with Crippen LogP contribution in [0.15, 0.2) is 23.2 Å². The number of aromatic nitrogens is 1. The fraction of sp³-hybridized carbons (Fsp3) is 0.500. The van der Waals surface area contributed by atoms with Gasteiger partial charge in [-0.05, 0) is 37.3 Å². The van der Waals surface area contributed by atoms with Crippen LogP contribution in [0.3, 0.4) is 0 Å². The molecule has 1 aromatic rings. The molecular weight excluding hydrogens is 266 g/mol. The lowest BCUT2D eigenvalue weighted by Crippen LogP contribution is -2.29. The summed E-state index contributed by atoms with van der Waals surface area (Å²) < 4.78 is 26.7. The summed E-state index contributed by atoms with van der Waals surface area (Å²) in [6.45, 7) is 0.277. The van der Waals surface area contributed by atoms with Gasteiger partial charge in [0, 0.05) is 12.7 Å². The molecule has 0 aromatic carbocycles. The molecule has 0 radical (unpaired) electrons. The van der Waals surface area contributed by atoms with E-state index in [1.54, 1.807) is 6.07 Å². The Bertz CT molecular complexity index is 594. The SMILES string of the molecule is N#Cc1ncccc1S(=O)(=O)NCC1CCC(O)C1. The van der Waals surface area contributed by atoms with Gasteiger partial charge in [-0.15, -0.1) is 0 Å². The van der Waals surface area contributed by atoms with E-state index >= 15 is 0 Å². The quantitative estimate of drug-likeness (QED) is 0.831. The Morgan fingerprint density at radius 1 is 1.53 bits per heavy atom. The van der Waals surface area contributed by atoms with Crippen LogP contribution in [0.2, 0.25) is 0 Å². The van der Waals surface area contributed by atoms with Crippen LogP contribution >= 0.6 is 0 Å². The van der Waals surface area contributed by atoms with E-state index < -0.39 is 10.0 Å². The second-order valence-corrected chi connectivity index (χ2v) is 6.38. The van der Waals surface area contributed by atoms with Crippen molar-refractivity contribution in [1.82, 2.24) is 9.71 Å². The molecule has 1 aliphatic rings. The van der Waals surface area contributed by atoms with Crippen LogP contribution in [0.5, 0.6) is 0 Å². The number of aliphatic hydroxyl groups excluding tert-OH is 1. The highest BCUT2D eigenvalue weighted by molar-refractivity contribution is 7.89. The molecule has 7 heteroatoms. The van der Waals surface area contributed by atoms with Gasteiger partial charge in [-0.25, -0.2) is 18.1 Å². The lowest BCUT2D eigenvalue weighted by molar-refractivity contribution is 0.178. The maximum Gasteiger partial charge on any atom is 0.243 e. The fourth-order valence-corrected chi connectivity index (χ4v) is 3.45. The van der Waals surface area contributed by atoms with Gasteiger partial charge in [0.2, 0.25) is 10.0 Å². The van der Waals surface area contributed by atoms with E-state index in [9.17, 15) is 13.5 Å². The minimum absolute atomic E-state index is 0.101. The van der Waals surface area contributed by atoms with E-state index in [1.165, 1.54) is 18.3 Å². The van der Waals surface area contributed by atoms with Gasteiger partial charge >= 0.3 is 0 Å². The van der Waals surface area contributed by atoms with Crippen molar-refractivity contribution in [3.8, 4) is 6.07 Å². The number of nitriles is 1. The third-order valence-electron chi connectivity index (χ3n) is 3.24. The number of pyridine rings is 1. The minimum Gasteiger partial charge on any atom is -0.393 e. The number of hydrogen-bond donors (Lipinski definition) is 2. The second-order valence-electron chi connectivity index (χ2n) is 4.65. The third kappa shape index (κ3) is 3.29. The fourth-order valence-electron chi connectivity index (χ4n) is 2.23. The summed E-state index contributed by atoms with van der Waals surface area (Å²) in [5, 5.41) is 18.3. The summed E-state index contributed by atoms with van der Waals surface area (Å²) in [6.07, 6.45) is 3.18. The Labute approximate surface area is 112 Å². The second kappa shape index (κ2) is 5.65. The number of nitrogens with one attached hydrogen (secondary N) is 1. The van der Waals surface area contributed by atoms with Crippen LogP contribution in [-0.2, 0) is 10.0 Å². The number of sulfonamides is 1. The molecule has 1 aliphatic carbocycles. The largest absolute Gasteiger partial charge is 0.393 e. The van der Waals surface area contributed by atoms with Gasteiger partial charge in [-0.3, -0.25) is 0 Å². The zero-order valence-corrected chi connectivity index (χ0v) is 11.1. The molecule has 2 unspecified atom stereocenters. The van der Waals surface area contributed by atoms with Gasteiger partial charge in [-0.1, -0.05) is 0 Å². The van der Waals surface area contributed by atoms with Gasteiger partial charge in [-0.2, -0.15) is 5.26 Å². The van der Waals surface area contributed by atoms with Crippen LogP contribution < -0.4 is 4.72 Å². The zero-order valence-electron chi connectivity index (χ0n) is 10.3. The smallest absolute Gasteiger partial charge is 0.243 e. The normalized spacial score (nSPS) is 23.2. The summed E-state index contributed by atoms with van der Waals surface area (Å²) in [7, 11) is -3.72. The summed E-state index contributed by atoms with van der Waals surface area (Å²) in [5.41, 5.74) is -0.110. The Morgan fingerprint density at radius 3 is 2.95 bits per heavy atom. The van der Waals surface area contributed by atoms with E-state index in [2.05, 4.69) is 9.71 Å². The summed E-state index contributed by atoms with van der Waals surface area (Å²) in [6, 6.07) is 4.61. The van der Waals surface area contributed by atoms with Crippen LogP contribution in [0.4, 0.5) is 0 Å². The van der Waals surface area contributed by atoms with E-state index in [0.29, 0.717) is 12.8 Å². The Morgan fingerprint density at radius 2 is 2.32 bits per heavy atom. The number of rotatable bonds is 4. The predicted octanol–water partition coefficient (Wildman–Crippen LogP) is 0.393. The molecular formula is C12H15N3O3S. The minimum atomic E-state index is -3.72. The van der Waals surface area contributed by atoms with Gasteiger partial charge in [0.15, 0.2) is 5.69 Å². The summed E-state index contributed by atoms with van der Waals surface area (Å²) in [5.74, 6) is 0.145. The van der Waals surface area contributed by atoms with Crippen LogP contribution in [0.1, 0.15) is 25.0 Å². The average molecular weight is 281 g/mol. The highest BCUT2D eigenvalue weighted by atomic mass is 32.2. The molecule has 0 saturated heterocycles. The van der Waals surface area contributed by atoms with Crippen molar-refractivity contribution in [2.45, 2.75) is 30.3 Å². The van der Waals surface area contributed by atoms with Crippen molar-refractivity contribution < 1.29 is 13.5 Å². The van der Waals surface area contributed by atoms with Crippen LogP contribution in [0, 0.1) is 17.2 Å². The molecule has 6 nitrogen and oxygen atoms in total. The lowest BCUT2D eigenvalue weighted by Gasteiger charge is -2.11. The highest BCUT2D eigenvalue weighted by Gasteiger charge is 2.25. The Balaban J connectivity index is 2.08. The first-order chi connectivity index (χ1) is 9.03. The lowest BCUT2D eigenvalue weighted by atomic mass is 10.1. The maximum atomic E-state index is 12.1. The average Bonchev–Trinajstić information content (AvgIpc) is 2.82. The van der Waals surface area contributed by atoms with Crippen LogP contribution in [0.25, 0.3) is 0 Å². The molecule has 2 rings (SSSR count). The van der Waals surface area contributed by atoms with Crippen molar-refractivity contribution in [3.05, 3.63) is 24.0 Å². The number of hydrogen-bond acceptors (Lipinski definition) is 5. The van der Waals surface area contributed by atoms with E-state index in [1.807, 2.05) is 0 Å². The molecule has 0 spiro atoms. The summed E-state index contributed by atoms with van der Waals surface area (Å²) in [4.78, 5) is 3.63. The third-order valence-corrected chi connectivity index (χ3v) is 4.70. The van der Waals surface area contributed by atoms with E-state index in [4.69, 9.17) is 5.26 Å². The monoisotopic (exact) mass is 281 g/mol. The molecule has 1 saturated carbocycles. The molecule has 1 fully saturated rings. The molecule has 1 heterocycles.